The first kappa shape index (κ1) is 10.3. The third-order valence-electron chi connectivity index (χ3n) is 4.38. The Balaban J connectivity index is 1.46. The van der Waals surface area contributed by atoms with Crippen LogP contribution in [-0.4, -0.2) is 21.3 Å². The van der Waals surface area contributed by atoms with Crippen LogP contribution in [0.3, 0.4) is 0 Å². The Bertz CT molecular complexity index is 360. The Hall–Kier alpha value is -0.900. The van der Waals surface area contributed by atoms with Crippen molar-refractivity contribution in [2.24, 2.45) is 24.8 Å². The summed E-state index contributed by atoms with van der Waals surface area (Å²) in [5.41, 5.74) is 0. The average Bonchev–Trinajstić information content (AvgIpc) is 2.96. The second-order valence-electron chi connectivity index (χ2n) is 5.42. The number of fused-ring (bicyclic) bond motifs is 2. The summed E-state index contributed by atoms with van der Waals surface area (Å²) in [6.07, 6.45) is 7.67. The molecule has 3 rings (SSSR count). The molecule has 0 radical (unpaired) electrons. The molecule has 2 bridgehead atoms. The molecule has 0 aliphatic heterocycles. The van der Waals surface area contributed by atoms with Crippen LogP contribution < -0.4 is 5.32 Å². The predicted molar refractivity (Wildman–Crippen MR) is 61.6 cm³/mol. The van der Waals surface area contributed by atoms with Crippen LogP contribution in [0.5, 0.6) is 0 Å². The maximum absolute atomic E-state index is 4.08. The molecule has 0 aromatic carbocycles. The van der Waals surface area contributed by atoms with Crippen molar-refractivity contribution >= 4 is 0 Å². The molecule has 2 aliphatic rings. The summed E-state index contributed by atoms with van der Waals surface area (Å²) in [6, 6.07) is 0. The van der Waals surface area contributed by atoms with Crippen molar-refractivity contribution in [1.82, 2.24) is 20.1 Å². The second kappa shape index (κ2) is 4.17. The van der Waals surface area contributed by atoms with Gasteiger partial charge in [0, 0.05) is 7.05 Å². The first-order chi connectivity index (χ1) is 7.83. The highest BCUT2D eigenvalue weighted by atomic mass is 15.3. The molecule has 1 aromatic heterocycles. The van der Waals surface area contributed by atoms with Crippen LogP contribution in [0.15, 0.2) is 6.33 Å². The Labute approximate surface area is 96.4 Å². The minimum absolute atomic E-state index is 0.852. The molecule has 1 aromatic rings. The van der Waals surface area contributed by atoms with Crippen LogP contribution in [0.1, 0.15) is 31.5 Å². The molecule has 1 heterocycles. The molecule has 0 amide bonds. The minimum Gasteiger partial charge on any atom is -0.320 e. The van der Waals surface area contributed by atoms with Crippen LogP contribution in [0.25, 0.3) is 0 Å². The Kier molecular flexibility index (Phi) is 2.67. The lowest BCUT2D eigenvalue weighted by atomic mass is 9.89. The topological polar surface area (TPSA) is 42.7 Å². The molecule has 0 spiro atoms. The van der Waals surface area contributed by atoms with Gasteiger partial charge in [-0.1, -0.05) is 6.42 Å². The maximum Gasteiger partial charge on any atom is 0.146 e. The standard InChI is InChI=1S/C12H20N4/c1-16-8-14-15-12(16)7-13-6-11-5-9-2-3-10(11)4-9/h8-11,13H,2-7H2,1H3. The van der Waals surface area contributed by atoms with Gasteiger partial charge in [0.2, 0.25) is 0 Å². The fourth-order valence-electron chi connectivity index (χ4n) is 3.46. The summed E-state index contributed by atoms with van der Waals surface area (Å²) < 4.78 is 1.98. The quantitative estimate of drug-likeness (QED) is 0.832. The Morgan fingerprint density at radius 3 is 3.00 bits per heavy atom. The van der Waals surface area contributed by atoms with E-state index in [0.29, 0.717) is 0 Å². The molecule has 1 N–H and O–H groups in total. The fraction of sp³-hybridized carbons (Fsp3) is 0.833. The number of aromatic nitrogens is 3. The summed E-state index contributed by atoms with van der Waals surface area (Å²) in [5.74, 6) is 4.01. The van der Waals surface area contributed by atoms with E-state index in [-0.39, 0.29) is 0 Å². The number of aryl methyl sites for hydroxylation is 1. The molecule has 2 fully saturated rings. The third-order valence-corrected chi connectivity index (χ3v) is 4.38. The van der Waals surface area contributed by atoms with E-state index in [2.05, 4.69) is 15.5 Å². The van der Waals surface area contributed by atoms with Gasteiger partial charge in [0.05, 0.1) is 6.54 Å². The largest absolute Gasteiger partial charge is 0.320 e. The highest BCUT2D eigenvalue weighted by Crippen LogP contribution is 2.47. The number of hydrogen-bond acceptors (Lipinski definition) is 3. The zero-order valence-corrected chi connectivity index (χ0v) is 9.89. The molecule has 4 heteroatoms. The number of nitrogens with one attached hydrogen (secondary N) is 1. The molecule has 3 atom stereocenters. The first-order valence-electron chi connectivity index (χ1n) is 6.36. The van der Waals surface area contributed by atoms with Gasteiger partial charge in [-0.2, -0.15) is 0 Å². The van der Waals surface area contributed by atoms with Gasteiger partial charge < -0.3 is 9.88 Å². The molecule has 16 heavy (non-hydrogen) atoms. The van der Waals surface area contributed by atoms with Gasteiger partial charge >= 0.3 is 0 Å². The van der Waals surface area contributed by atoms with Crippen molar-refractivity contribution in [3.63, 3.8) is 0 Å². The zero-order valence-electron chi connectivity index (χ0n) is 9.89. The van der Waals surface area contributed by atoms with E-state index >= 15 is 0 Å². The van der Waals surface area contributed by atoms with Crippen molar-refractivity contribution in [1.29, 1.82) is 0 Å². The van der Waals surface area contributed by atoms with Crippen molar-refractivity contribution in [2.75, 3.05) is 6.54 Å². The highest BCUT2D eigenvalue weighted by Gasteiger charge is 2.38. The smallest absolute Gasteiger partial charge is 0.146 e. The molecule has 3 unspecified atom stereocenters. The second-order valence-corrected chi connectivity index (χ2v) is 5.42. The SMILES string of the molecule is Cn1cnnc1CNCC1CC2CCC1C2. The molecule has 88 valence electrons. The highest BCUT2D eigenvalue weighted by molar-refractivity contribution is 4.91. The number of nitrogens with zero attached hydrogens (tertiary/aromatic N) is 3. The zero-order chi connectivity index (χ0) is 11.0. The van der Waals surface area contributed by atoms with Gasteiger partial charge in [0.25, 0.3) is 0 Å². The van der Waals surface area contributed by atoms with E-state index in [0.717, 1.165) is 36.7 Å². The van der Waals surface area contributed by atoms with E-state index in [1.165, 1.54) is 25.7 Å². The summed E-state index contributed by atoms with van der Waals surface area (Å²) in [7, 11) is 1.99. The Morgan fingerprint density at radius 2 is 2.38 bits per heavy atom. The van der Waals surface area contributed by atoms with Gasteiger partial charge in [-0.05, 0) is 43.6 Å². The van der Waals surface area contributed by atoms with Crippen molar-refractivity contribution in [3.05, 3.63) is 12.2 Å². The fourth-order valence-corrected chi connectivity index (χ4v) is 3.46. The lowest BCUT2D eigenvalue weighted by molar-refractivity contribution is 0.317. The molecular formula is C12H20N4. The first-order valence-corrected chi connectivity index (χ1v) is 6.36. The van der Waals surface area contributed by atoms with Crippen LogP contribution in [-0.2, 0) is 13.6 Å². The van der Waals surface area contributed by atoms with Crippen molar-refractivity contribution in [2.45, 2.75) is 32.2 Å². The molecule has 4 nitrogen and oxygen atoms in total. The third kappa shape index (κ3) is 1.86. The lowest BCUT2D eigenvalue weighted by Crippen LogP contribution is -2.27. The monoisotopic (exact) mass is 220 g/mol. The normalized spacial score (nSPS) is 32.4. The molecule has 2 aliphatic carbocycles. The Morgan fingerprint density at radius 1 is 1.44 bits per heavy atom. The maximum atomic E-state index is 4.08. The summed E-state index contributed by atoms with van der Waals surface area (Å²) in [5, 5.41) is 11.5. The molecular weight excluding hydrogens is 200 g/mol. The van der Waals surface area contributed by atoms with Crippen LogP contribution >= 0.6 is 0 Å². The van der Waals surface area contributed by atoms with Gasteiger partial charge in [0.1, 0.15) is 12.2 Å². The van der Waals surface area contributed by atoms with Crippen LogP contribution in [0.4, 0.5) is 0 Å². The summed E-state index contributed by atoms with van der Waals surface area (Å²) in [6.45, 7) is 2.01. The van der Waals surface area contributed by atoms with E-state index in [1.807, 2.05) is 11.6 Å². The van der Waals surface area contributed by atoms with Gasteiger partial charge in [-0.3, -0.25) is 0 Å². The van der Waals surface area contributed by atoms with E-state index < -0.39 is 0 Å². The van der Waals surface area contributed by atoms with Crippen LogP contribution in [0, 0.1) is 17.8 Å². The molecule has 2 saturated carbocycles. The van der Waals surface area contributed by atoms with Crippen LogP contribution in [0.2, 0.25) is 0 Å². The summed E-state index contributed by atoms with van der Waals surface area (Å²) in [4.78, 5) is 0. The van der Waals surface area contributed by atoms with Crippen molar-refractivity contribution < 1.29 is 0 Å². The van der Waals surface area contributed by atoms with E-state index in [9.17, 15) is 0 Å². The van der Waals surface area contributed by atoms with Gasteiger partial charge in [-0.15, -0.1) is 10.2 Å². The van der Waals surface area contributed by atoms with E-state index in [1.54, 1.807) is 6.33 Å². The number of hydrogen-bond donors (Lipinski definition) is 1. The van der Waals surface area contributed by atoms with Gasteiger partial charge in [-0.25, -0.2) is 0 Å². The number of rotatable bonds is 4. The van der Waals surface area contributed by atoms with E-state index in [4.69, 9.17) is 0 Å². The lowest BCUT2D eigenvalue weighted by Gasteiger charge is -2.21. The van der Waals surface area contributed by atoms with Crippen molar-refractivity contribution in [3.8, 4) is 0 Å². The predicted octanol–water partition coefficient (Wildman–Crippen LogP) is 1.34. The average molecular weight is 220 g/mol. The minimum atomic E-state index is 0.852. The van der Waals surface area contributed by atoms with Gasteiger partial charge in [0.15, 0.2) is 0 Å². The summed E-state index contributed by atoms with van der Waals surface area (Å²) >= 11 is 0. The molecule has 0 saturated heterocycles.